The molecule has 0 bridgehead atoms. The van der Waals surface area contributed by atoms with Crippen molar-refractivity contribution >= 4 is 5.69 Å². The molecule has 1 rings (SSSR count). The molecule has 0 saturated heterocycles. The minimum atomic E-state index is -0.396. The van der Waals surface area contributed by atoms with Gasteiger partial charge in [0.15, 0.2) is 0 Å². The molecule has 0 fully saturated rings. The largest absolute Gasteiger partial charge is 0.270 e. The Balaban J connectivity index is 3.27. The number of nitro groups is 1. The van der Waals surface area contributed by atoms with Gasteiger partial charge in [0.25, 0.3) is 5.69 Å². The lowest BCUT2D eigenvalue weighted by Gasteiger charge is -2.05. The van der Waals surface area contributed by atoms with Crippen molar-refractivity contribution < 1.29 is 4.92 Å². The van der Waals surface area contributed by atoms with Crippen LogP contribution in [-0.2, 0) is 0 Å². The third-order valence-electron chi connectivity index (χ3n) is 2.02. The number of non-ortho nitro benzene ring substituents is 1. The summed E-state index contributed by atoms with van der Waals surface area (Å²) in [6.07, 6.45) is 2.66. The second-order valence-corrected chi connectivity index (χ2v) is 3.40. The zero-order valence-electron chi connectivity index (χ0n) is 8.28. The molecule has 0 spiro atoms. The van der Waals surface area contributed by atoms with Crippen LogP contribution in [0.2, 0.25) is 0 Å². The standard InChI is InChI=1S/C11H12NO2/c1-4-9-5-10(8(2)3)7-11(6-9)12(13)14/h5-8H,1H2,2-3H3. The Bertz CT molecular complexity index is 370. The minimum Gasteiger partial charge on any atom is -0.258 e. The van der Waals surface area contributed by atoms with Crippen molar-refractivity contribution in [3.63, 3.8) is 0 Å². The summed E-state index contributed by atoms with van der Waals surface area (Å²) in [4.78, 5) is 10.2. The predicted octanol–water partition coefficient (Wildman–Crippen LogP) is 3.06. The topological polar surface area (TPSA) is 43.1 Å². The predicted molar refractivity (Wildman–Crippen MR) is 55.2 cm³/mol. The van der Waals surface area contributed by atoms with Crippen molar-refractivity contribution in [3.05, 3.63) is 52.1 Å². The van der Waals surface area contributed by atoms with Crippen LogP contribution in [-0.4, -0.2) is 4.92 Å². The first-order valence-corrected chi connectivity index (χ1v) is 4.37. The summed E-state index contributed by atoms with van der Waals surface area (Å²) in [5.41, 5.74) is 1.70. The number of nitrogens with zero attached hydrogens (tertiary/aromatic N) is 1. The molecule has 3 heteroatoms. The molecule has 0 N–H and O–H groups in total. The van der Waals surface area contributed by atoms with Gasteiger partial charge in [-0.15, -0.1) is 0 Å². The number of nitro benzene ring substituents is 1. The van der Waals surface area contributed by atoms with Crippen LogP contribution in [0.3, 0.4) is 0 Å². The molecule has 0 heterocycles. The molecule has 0 aliphatic carbocycles. The fourth-order valence-corrected chi connectivity index (χ4v) is 1.18. The normalized spacial score (nSPS) is 10.2. The van der Waals surface area contributed by atoms with Crippen LogP contribution in [0.4, 0.5) is 5.69 Å². The Labute approximate surface area is 83.2 Å². The highest BCUT2D eigenvalue weighted by molar-refractivity contribution is 5.42. The zero-order chi connectivity index (χ0) is 10.7. The molecule has 3 nitrogen and oxygen atoms in total. The van der Waals surface area contributed by atoms with Crippen molar-refractivity contribution in [2.75, 3.05) is 0 Å². The smallest absolute Gasteiger partial charge is 0.258 e. The Kier molecular flexibility index (Phi) is 3.02. The van der Waals surface area contributed by atoms with Gasteiger partial charge in [0.05, 0.1) is 4.92 Å². The van der Waals surface area contributed by atoms with Crippen LogP contribution in [0.1, 0.15) is 30.9 Å². The van der Waals surface area contributed by atoms with Crippen molar-refractivity contribution in [1.29, 1.82) is 0 Å². The first kappa shape index (κ1) is 10.4. The van der Waals surface area contributed by atoms with Gasteiger partial charge < -0.3 is 0 Å². The molecule has 1 radical (unpaired) electrons. The maximum Gasteiger partial charge on any atom is 0.270 e. The molecular formula is C11H12NO2. The summed E-state index contributed by atoms with van der Waals surface area (Å²) >= 11 is 0. The third kappa shape index (κ3) is 2.19. The summed E-state index contributed by atoms with van der Waals surface area (Å²) in [5.74, 6) is 0.266. The SMILES string of the molecule is C=[C]c1cc(C(C)C)cc([N+](=O)[O-])c1. The first-order valence-electron chi connectivity index (χ1n) is 4.37. The fraction of sp³-hybridized carbons (Fsp3) is 0.273. The van der Waals surface area contributed by atoms with Gasteiger partial charge >= 0.3 is 0 Å². The summed E-state index contributed by atoms with van der Waals surface area (Å²) in [6.45, 7) is 7.47. The Morgan fingerprint density at radius 1 is 1.43 bits per heavy atom. The van der Waals surface area contributed by atoms with E-state index in [-0.39, 0.29) is 11.6 Å². The van der Waals surface area contributed by atoms with E-state index in [0.29, 0.717) is 5.56 Å². The van der Waals surface area contributed by atoms with Crippen LogP contribution < -0.4 is 0 Å². The summed E-state index contributed by atoms with van der Waals surface area (Å²) < 4.78 is 0. The molecular weight excluding hydrogens is 178 g/mol. The molecule has 0 aliphatic heterocycles. The number of benzene rings is 1. The van der Waals surface area contributed by atoms with Crippen molar-refractivity contribution in [2.45, 2.75) is 19.8 Å². The molecule has 0 atom stereocenters. The monoisotopic (exact) mass is 190 g/mol. The van der Waals surface area contributed by atoms with Crippen molar-refractivity contribution in [3.8, 4) is 0 Å². The highest BCUT2D eigenvalue weighted by Gasteiger charge is 2.10. The van der Waals surface area contributed by atoms with Crippen LogP contribution in [0, 0.1) is 16.2 Å². The van der Waals surface area contributed by atoms with Gasteiger partial charge in [0.1, 0.15) is 0 Å². The maximum absolute atomic E-state index is 10.6. The van der Waals surface area contributed by atoms with Gasteiger partial charge in [0, 0.05) is 12.1 Å². The van der Waals surface area contributed by atoms with Crippen LogP contribution >= 0.6 is 0 Å². The van der Waals surface area contributed by atoms with Gasteiger partial charge in [0.2, 0.25) is 0 Å². The highest BCUT2D eigenvalue weighted by atomic mass is 16.6. The summed E-state index contributed by atoms with van der Waals surface area (Å²) in [7, 11) is 0. The highest BCUT2D eigenvalue weighted by Crippen LogP contribution is 2.22. The average Bonchev–Trinajstić information content (AvgIpc) is 2.16. The maximum atomic E-state index is 10.6. The first-order chi connectivity index (χ1) is 6.54. The Hall–Kier alpha value is -1.64. The Morgan fingerprint density at radius 2 is 2.07 bits per heavy atom. The van der Waals surface area contributed by atoms with Gasteiger partial charge in [-0.1, -0.05) is 26.5 Å². The third-order valence-corrected chi connectivity index (χ3v) is 2.02. The van der Waals surface area contributed by atoms with Gasteiger partial charge in [-0.05, 0) is 23.1 Å². The number of hydrogen-bond donors (Lipinski definition) is 0. The van der Waals surface area contributed by atoms with Crippen molar-refractivity contribution in [1.82, 2.24) is 0 Å². The molecule has 1 aromatic rings. The lowest BCUT2D eigenvalue weighted by Crippen LogP contribution is -1.94. The van der Waals surface area contributed by atoms with Crippen LogP contribution in [0.25, 0.3) is 0 Å². The second-order valence-electron chi connectivity index (χ2n) is 3.40. The van der Waals surface area contributed by atoms with E-state index in [4.69, 9.17) is 0 Å². The molecule has 0 amide bonds. The van der Waals surface area contributed by atoms with E-state index < -0.39 is 4.92 Å². The molecule has 0 saturated carbocycles. The van der Waals surface area contributed by atoms with Crippen LogP contribution in [0.5, 0.6) is 0 Å². The second kappa shape index (κ2) is 4.05. The van der Waals surface area contributed by atoms with Crippen molar-refractivity contribution in [2.24, 2.45) is 0 Å². The minimum absolute atomic E-state index is 0.0994. The fourth-order valence-electron chi connectivity index (χ4n) is 1.18. The van der Waals surface area contributed by atoms with E-state index in [1.165, 1.54) is 6.07 Å². The van der Waals surface area contributed by atoms with E-state index in [9.17, 15) is 10.1 Å². The quantitative estimate of drug-likeness (QED) is 0.543. The average molecular weight is 190 g/mol. The zero-order valence-corrected chi connectivity index (χ0v) is 8.28. The lowest BCUT2D eigenvalue weighted by atomic mass is 10.00. The number of rotatable bonds is 3. The molecule has 0 aromatic heterocycles. The molecule has 0 aliphatic rings. The van der Waals surface area contributed by atoms with Gasteiger partial charge in [-0.3, -0.25) is 10.1 Å². The molecule has 1 aromatic carbocycles. The summed E-state index contributed by atoms with van der Waals surface area (Å²) in [6, 6.07) is 4.93. The van der Waals surface area contributed by atoms with Crippen LogP contribution in [0.15, 0.2) is 24.8 Å². The van der Waals surface area contributed by atoms with E-state index in [2.05, 4.69) is 12.7 Å². The van der Waals surface area contributed by atoms with E-state index >= 15 is 0 Å². The van der Waals surface area contributed by atoms with E-state index in [1.54, 1.807) is 6.07 Å². The lowest BCUT2D eigenvalue weighted by molar-refractivity contribution is -0.385. The van der Waals surface area contributed by atoms with Gasteiger partial charge in [-0.25, -0.2) is 0 Å². The Morgan fingerprint density at radius 3 is 2.50 bits per heavy atom. The van der Waals surface area contributed by atoms with E-state index in [0.717, 1.165) is 5.56 Å². The number of hydrogen-bond acceptors (Lipinski definition) is 2. The molecule has 14 heavy (non-hydrogen) atoms. The van der Waals surface area contributed by atoms with Gasteiger partial charge in [-0.2, -0.15) is 0 Å². The molecule has 73 valence electrons. The summed E-state index contributed by atoms with van der Waals surface area (Å²) in [5, 5.41) is 10.6. The van der Waals surface area contributed by atoms with E-state index in [1.807, 2.05) is 19.9 Å². The molecule has 0 unspecified atom stereocenters.